The maximum atomic E-state index is 11.6. The average molecular weight is 216 g/mol. The van der Waals surface area contributed by atoms with Gasteiger partial charge in [-0.05, 0) is 30.2 Å². The maximum Gasteiger partial charge on any atom is 0.338 e. The first-order valence-corrected chi connectivity index (χ1v) is 5.41. The Morgan fingerprint density at radius 1 is 1.44 bits per heavy atom. The Labute approximate surface area is 96.6 Å². The Morgan fingerprint density at radius 2 is 2.06 bits per heavy atom. The Kier molecular flexibility index (Phi) is 4.60. The SMILES string of the molecule is C#Cc1ccc(C(=O)OC[C@@H](C)CC)cc1. The molecule has 0 saturated heterocycles. The first-order chi connectivity index (χ1) is 7.67. The number of carbonyl (C=O) groups excluding carboxylic acids is 1. The molecule has 0 amide bonds. The van der Waals surface area contributed by atoms with Crippen LogP contribution in [-0.4, -0.2) is 12.6 Å². The van der Waals surface area contributed by atoms with Gasteiger partial charge in [0.1, 0.15) is 0 Å². The van der Waals surface area contributed by atoms with Crippen molar-refractivity contribution in [2.75, 3.05) is 6.61 Å². The molecule has 0 saturated carbocycles. The van der Waals surface area contributed by atoms with Gasteiger partial charge in [0.25, 0.3) is 0 Å². The smallest absolute Gasteiger partial charge is 0.338 e. The van der Waals surface area contributed by atoms with E-state index in [2.05, 4.69) is 19.8 Å². The van der Waals surface area contributed by atoms with E-state index in [-0.39, 0.29) is 5.97 Å². The lowest BCUT2D eigenvalue weighted by atomic mass is 10.1. The van der Waals surface area contributed by atoms with Gasteiger partial charge in [0.2, 0.25) is 0 Å². The molecule has 0 N–H and O–H groups in total. The van der Waals surface area contributed by atoms with Crippen LogP contribution in [0.2, 0.25) is 0 Å². The molecular formula is C14H16O2. The number of hydrogen-bond acceptors (Lipinski definition) is 2. The minimum atomic E-state index is -0.288. The van der Waals surface area contributed by atoms with Crippen LogP contribution in [0, 0.1) is 18.3 Å². The van der Waals surface area contributed by atoms with Crippen LogP contribution in [0.4, 0.5) is 0 Å². The molecule has 0 heterocycles. The number of terminal acetylenes is 1. The molecule has 1 atom stereocenters. The molecule has 0 aromatic heterocycles. The monoisotopic (exact) mass is 216 g/mol. The molecule has 1 aromatic rings. The van der Waals surface area contributed by atoms with E-state index in [1.807, 2.05) is 0 Å². The third kappa shape index (κ3) is 3.43. The van der Waals surface area contributed by atoms with Gasteiger partial charge >= 0.3 is 5.97 Å². The fourth-order valence-corrected chi connectivity index (χ4v) is 1.12. The van der Waals surface area contributed by atoms with Crippen LogP contribution < -0.4 is 0 Å². The van der Waals surface area contributed by atoms with E-state index in [1.165, 1.54) is 0 Å². The van der Waals surface area contributed by atoms with E-state index >= 15 is 0 Å². The summed E-state index contributed by atoms with van der Waals surface area (Å²) < 4.78 is 5.16. The van der Waals surface area contributed by atoms with E-state index in [4.69, 9.17) is 11.2 Å². The highest BCUT2D eigenvalue weighted by molar-refractivity contribution is 5.89. The highest BCUT2D eigenvalue weighted by atomic mass is 16.5. The van der Waals surface area contributed by atoms with Gasteiger partial charge in [-0.3, -0.25) is 0 Å². The van der Waals surface area contributed by atoms with E-state index < -0.39 is 0 Å². The molecule has 0 aliphatic rings. The standard InChI is InChI=1S/C14H16O2/c1-4-11(3)10-16-14(15)13-8-6-12(5-2)7-9-13/h2,6-9,11H,4,10H2,1,3H3/t11-/m0/s1. The fourth-order valence-electron chi connectivity index (χ4n) is 1.12. The van der Waals surface area contributed by atoms with E-state index in [0.717, 1.165) is 12.0 Å². The molecule has 0 aliphatic heterocycles. The van der Waals surface area contributed by atoms with Crippen LogP contribution in [0.1, 0.15) is 36.2 Å². The quantitative estimate of drug-likeness (QED) is 0.571. The third-order valence-electron chi connectivity index (χ3n) is 2.48. The molecule has 0 bridgehead atoms. The van der Waals surface area contributed by atoms with Crippen LogP contribution in [0.3, 0.4) is 0 Å². The Morgan fingerprint density at radius 3 is 2.56 bits per heavy atom. The molecular weight excluding hydrogens is 200 g/mol. The number of ether oxygens (including phenoxy) is 1. The van der Waals surface area contributed by atoms with Gasteiger partial charge in [0, 0.05) is 5.56 Å². The summed E-state index contributed by atoms with van der Waals surface area (Å²) in [5.41, 5.74) is 1.31. The van der Waals surface area contributed by atoms with Gasteiger partial charge in [-0.15, -0.1) is 6.42 Å². The normalized spacial score (nSPS) is 11.6. The van der Waals surface area contributed by atoms with Crippen molar-refractivity contribution in [3.63, 3.8) is 0 Å². The Balaban J connectivity index is 2.57. The zero-order valence-corrected chi connectivity index (χ0v) is 9.69. The number of esters is 1. The van der Waals surface area contributed by atoms with E-state index in [9.17, 15) is 4.79 Å². The van der Waals surface area contributed by atoms with Crippen molar-refractivity contribution in [1.82, 2.24) is 0 Å². The van der Waals surface area contributed by atoms with Crippen molar-refractivity contribution in [1.29, 1.82) is 0 Å². The lowest BCUT2D eigenvalue weighted by Gasteiger charge is -2.09. The van der Waals surface area contributed by atoms with Crippen LogP contribution in [-0.2, 0) is 4.74 Å². The molecule has 2 heteroatoms. The second kappa shape index (κ2) is 5.97. The van der Waals surface area contributed by atoms with Crippen molar-refractivity contribution in [3.8, 4) is 12.3 Å². The minimum absolute atomic E-state index is 0.288. The van der Waals surface area contributed by atoms with Gasteiger partial charge < -0.3 is 4.74 Å². The summed E-state index contributed by atoms with van der Waals surface area (Å²) in [5.74, 6) is 2.61. The highest BCUT2D eigenvalue weighted by Crippen LogP contribution is 2.07. The van der Waals surface area contributed by atoms with Crippen molar-refractivity contribution >= 4 is 5.97 Å². The summed E-state index contributed by atoms with van der Waals surface area (Å²) in [6.07, 6.45) is 6.23. The largest absolute Gasteiger partial charge is 0.462 e. The zero-order chi connectivity index (χ0) is 12.0. The van der Waals surface area contributed by atoms with Gasteiger partial charge in [0.05, 0.1) is 12.2 Å². The van der Waals surface area contributed by atoms with Gasteiger partial charge in [0.15, 0.2) is 0 Å². The molecule has 0 spiro atoms. The molecule has 16 heavy (non-hydrogen) atoms. The second-order valence-electron chi connectivity index (χ2n) is 3.83. The Bertz CT molecular complexity index is 384. The van der Waals surface area contributed by atoms with E-state index in [1.54, 1.807) is 24.3 Å². The van der Waals surface area contributed by atoms with Crippen molar-refractivity contribution < 1.29 is 9.53 Å². The molecule has 2 nitrogen and oxygen atoms in total. The third-order valence-corrected chi connectivity index (χ3v) is 2.48. The lowest BCUT2D eigenvalue weighted by Crippen LogP contribution is -2.11. The minimum Gasteiger partial charge on any atom is -0.462 e. The number of carbonyl (C=O) groups is 1. The summed E-state index contributed by atoms with van der Waals surface area (Å²) in [5, 5.41) is 0. The summed E-state index contributed by atoms with van der Waals surface area (Å²) in [4.78, 5) is 11.6. The molecule has 0 radical (unpaired) electrons. The average Bonchev–Trinajstić information content (AvgIpc) is 2.35. The van der Waals surface area contributed by atoms with Crippen molar-refractivity contribution in [2.45, 2.75) is 20.3 Å². The molecule has 0 unspecified atom stereocenters. The summed E-state index contributed by atoms with van der Waals surface area (Å²) >= 11 is 0. The van der Waals surface area contributed by atoms with Crippen LogP contribution in [0.5, 0.6) is 0 Å². The van der Waals surface area contributed by atoms with Crippen LogP contribution in [0.15, 0.2) is 24.3 Å². The summed E-state index contributed by atoms with van der Waals surface area (Å²) in [6, 6.07) is 6.85. The van der Waals surface area contributed by atoms with Gasteiger partial charge in [-0.1, -0.05) is 26.2 Å². The van der Waals surface area contributed by atoms with Crippen LogP contribution in [0.25, 0.3) is 0 Å². The number of hydrogen-bond donors (Lipinski definition) is 0. The topological polar surface area (TPSA) is 26.3 Å². The maximum absolute atomic E-state index is 11.6. The summed E-state index contributed by atoms with van der Waals surface area (Å²) in [7, 11) is 0. The molecule has 1 rings (SSSR count). The molecule has 1 aromatic carbocycles. The zero-order valence-electron chi connectivity index (χ0n) is 9.69. The van der Waals surface area contributed by atoms with Crippen LogP contribution >= 0.6 is 0 Å². The Hall–Kier alpha value is -1.75. The first kappa shape index (κ1) is 12.3. The lowest BCUT2D eigenvalue weighted by molar-refractivity contribution is 0.0447. The summed E-state index contributed by atoms with van der Waals surface area (Å²) in [6.45, 7) is 4.58. The van der Waals surface area contributed by atoms with Crippen molar-refractivity contribution in [2.24, 2.45) is 5.92 Å². The molecule has 84 valence electrons. The van der Waals surface area contributed by atoms with Gasteiger partial charge in [-0.25, -0.2) is 4.79 Å². The number of rotatable bonds is 4. The molecule has 0 fully saturated rings. The predicted octanol–water partition coefficient (Wildman–Crippen LogP) is 2.87. The number of benzene rings is 1. The van der Waals surface area contributed by atoms with E-state index in [0.29, 0.717) is 18.1 Å². The predicted molar refractivity (Wildman–Crippen MR) is 64.1 cm³/mol. The fraction of sp³-hybridized carbons (Fsp3) is 0.357. The van der Waals surface area contributed by atoms with Crippen molar-refractivity contribution in [3.05, 3.63) is 35.4 Å². The highest BCUT2D eigenvalue weighted by Gasteiger charge is 2.08. The first-order valence-electron chi connectivity index (χ1n) is 5.41. The van der Waals surface area contributed by atoms with Gasteiger partial charge in [-0.2, -0.15) is 0 Å². The second-order valence-corrected chi connectivity index (χ2v) is 3.83. The molecule has 0 aliphatic carbocycles.